The summed E-state index contributed by atoms with van der Waals surface area (Å²) in [5.41, 5.74) is 2.13. The fourth-order valence-electron chi connectivity index (χ4n) is 3.17. The second-order valence-electron chi connectivity index (χ2n) is 5.81. The van der Waals surface area contributed by atoms with E-state index in [0.717, 1.165) is 43.4 Å². The quantitative estimate of drug-likeness (QED) is 0.794. The first-order chi connectivity index (χ1) is 10.7. The molecule has 0 atom stereocenters. The Morgan fingerprint density at radius 2 is 1.95 bits per heavy atom. The van der Waals surface area contributed by atoms with Gasteiger partial charge in [0.1, 0.15) is 11.7 Å². The Morgan fingerprint density at radius 3 is 2.59 bits per heavy atom. The number of hydrogen-bond acceptors (Lipinski definition) is 4. The van der Waals surface area contributed by atoms with E-state index in [2.05, 4.69) is 24.0 Å². The topological polar surface area (TPSA) is 57.2 Å². The van der Waals surface area contributed by atoms with Crippen molar-refractivity contribution in [1.29, 1.82) is 5.26 Å². The number of aryl methyl sites for hydroxylation is 1. The van der Waals surface area contributed by atoms with E-state index in [1.54, 1.807) is 0 Å². The fraction of sp³-hybridized carbons (Fsp3) is 0.444. The Bertz CT molecular complexity index is 778. The van der Waals surface area contributed by atoms with Crippen molar-refractivity contribution in [2.75, 3.05) is 18.0 Å². The summed E-state index contributed by atoms with van der Waals surface area (Å²) in [6.45, 7) is 3.88. The lowest BCUT2D eigenvalue weighted by Crippen LogP contribution is -2.27. The number of benzene rings is 1. The molecule has 114 valence electrons. The highest BCUT2D eigenvalue weighted by Gasteiger charge is 2.21. The monoisotopic (exact) mass is 296 g/mol. The summed E-state index contributed by atoms with van der Waals surface area (Å²) in [5, 5.41) is 10.3. The molecule has 0 unspecified atom stereocenters. The van der Waals surface area contributed by atoms with Gasteiger partial charge in [0.2, 0.25) is 0 Å². The maximum absolute atomic E-state index is 12.2. The molecule has 4 nitrogen and oxygen atoms in total. The molecule has 4 heteroatoms. The van der Waals surface area contributed by atoms with Crippen LogP contribution >= 0.6 is 0 Å². The number of hydrogen-bond donors (Lipinski definition) is 0. The Hall–Kier alpha value is -2.28. The molecular formula is C18H20N2O2. The van der Waals surface area contributed by atoms with E-state index < -0.39 is 5.63 Å². The third-order valence-corrected chi connectivity index (χ3v) is 4.39. The first-order valence-corrected chi connectivity index (χ1v) is 7.99. The zero-order valence-corrected chi connectivity index (χ0v) is 12.9. The third kappa shape index (κ3) is 2.59. The summed E-state index contributed by atoms with van der Waals surface area (Å²) >= 11 is 0. The van der Waals surface area contributed by atoms with E-state index >= 15 is 0 Å². The second-order valence-corrected chi connectivity index (χ2v) is 5.81. The van der Waals surface area contributed by atoms with Gasteiger partial charge in [0, 0.05) is 18.5 Å². The van der Waals surface area contributed by atoms with Crippen molar-refractivity contribution in [2.24, 2.45) is 0 Å². The number of anilines is 1. The molecule has 0 spiro atoms. The lowest BCUT2D eigenvalue weighted by molar-refractivity contribution is 0.557. The normalized spacial score (nSPS) is 15.5. The molecule has 2 aromatic rings. The minimum atomic E-state index is -0.529. The molecule has 0 aliphatic carbocycles. The maximum atomic E-state index is 12.2. The lowest BCUT2D eigenvalue weighted by atomic mass is 10.1. The highest BCUT2D eigenvalue weighted by Crippen LogP contribution is 2.31. The van der Waals surface area contributed by atoms with Crippen LogP contribution in [0.2, 0.25) is 0 Å². The van der Waals surface area contributed by atoms with Crippen LogP contribution < -0.4 is 10.5 Å². The highest BCUT2D eigenvalue weighted by molar-refractivity contribution is 5.93. The van der Waals surface area contributed by atoms with E-state index in [-0.39, 0.29) is 5.56 Å². The molecule has 3 rings (SSSR count). The van der Waals surface area contributed by atoms with Gasteiger partial charge in [-0.05, 0) is 37.0 Å². The van der Waals surface area contributed by atoms with Crippen molar-refractivity contribution in [3.05, 3.63) is 39.7 Å². The van der Waals surface area contributed by atoms with Crippen LogP contribution in [-0.4, -0.2) is 13.1 Å². The maximum Gasteiger partial charge on any atom is 0.356 e. The van der Waals surface area contributed by atoms with Gasteiger partial charge in [-0.3, -0.25) is 0 Å². The molecule has 1 aromatic carbocycles. The summed E-state index contributed by atoms with van der Waals surface area (Å²) < 4.78 is 5.34. The van der Waals surface area contributed by atoms with Crippen molar-refractivity contribution < 1.29 is 4.42 Å². The lowest BCUT2D eigenvalue weighted by Gasteiger charge is -2.24. The summed E-state index contributed by atoms with van der Waals surface area (Å²) in [7, 11) is 0. The molecule has 22 heavy (non-hydrogen) atoms. The van der Waals surface area contributed by atoms with Crippen LogP contribution in [-0.2, 0) is 6.42 Å². The zero-order chi connectivity index (χ0) is 15.5. The largest absolute Gasteiger partial charge is 0.422 e. The van der Waals surface area contributed by atoms with Gasteiger partial charge in [-0.1, -0.05) is 25.8 Å². The smallest absolute Gasteiger partial charge is 0.356 e. The zero-order valence-electron chi connectivity index (χ0n) is 12.9. The van der Waals surface area contributed by atoms with Gasteiger partial charge in [-0.25, -0.2) is 4.79 Å². The predicted molar refractivity (Wildman–Crippen MR) is 87.3 cm³/mol. The molecule has 1 fully saturated rings. The van der Waals surface area contributed by atoms with Crippen LogP contribution in [0.3, 0.4) is 0 Å². The van der Waals surface area contributed by atoms with Gasteiger partial charge >= 0.3 is 5.63 Å². The summed E-state index contributed by atoms with van der Waals surface area (Å²) in [5.74, 6) is 0. The van der Waals surface area contributed by atoms with Crippen LogP contribution in [0.1, 0.15) is 43.7 Å². The Morgan fingerprint density at radius 1 is 1.23 bits per heavy atom. The summed E-state index contributed by atoms with van der Waals surface area (Å²) in [4.78, 5) is 14.4. The molecule has 1 aliphatic rings. The number of nitrogens with zero attached hydrogens (tertiary/aromatic N) is 2. The second kappa shape index (κ2) is 6.23. The Labute approximate surface area is 130 Å². The minimum Gasteiger partial charge on any atom is -0.422 e. The van der Waals surface area contributed by atoms with E-state index in [9.17, 15) is 10.1 Å². The molecule has 0 radical (unpaired) electrons. The summed E-state index contributed by atoms with van der Waals surface area (Å²) in [6.07, 6.45) is 5.52. The molecule has 1 aliphatic heterocycles. The van der Waals surface area contributed by atoms with Gasteiger partial charge in [0.15, 0.2) is 5.56 Å². The average molecular weight is 296 g/mol. The number of rotatable bonds is 2. The Kier molecular flexibility index (Phi) is 4.15. The molecule has 0 bridgehead atoms. The summed E-state index contributed by atoms with van der Waals surface area (Å²) in [6, 6.07) is 7.94. The van der Waals surface area contributed by atoms with Crippen LogP contribution in [0.15, 0.2) is 27.4 Å². The van der Waals surface area contributed by atoms with Crippen molar-refractivity contribution >= 4 is 16.7 Å². The SMILES string of the molecule is CCc1ccc2oc(=O)c(C#N)c(N3CCCCCC3)c2c1. The predicted octanol–water partition coefficient (Wildman–Crippen LogP) is 3.61. The molecule has 0 saturated carbocycles. The van der Waals surface area contributed by atoms with Gasteiger partial charge in [0.05, 0.1) is 5.69 Å². The van der Waals surface area contributed by atoms with Crippen LogP contribution in [0, 0.1) is 11.3 Å². The van der Waals surface area contributed by atoms with Crippen LogP contribution in [0.25, 0.3) is 11.0 Å². The van der Waals surface area contributed by atoms with E-state index in [1.807, 2.05) is 12.1 Å². The van der Waals surface area contributed by atoms with E-state index in [1.165, 1.54) is 18.4 Å². The molecule has 1 aromatic heterocycles. The van der Waals surface area contributed by atoms with Crippen molar-refractivity contribution in [1.82, 2.24) is 0 Å². The standard InChI is InChI=1S/C18H20N2O2/c1-2-13-7-8-16-14(11-13)17(15(12-19)18(21)22-16)20-9-5-3-4-6-10-20/h7-8,11H,2-6,9-10H2,1H3. The fourth-order valence-corrected chi connectivity index (χ4v) is 3.17. The highest BCUT2D eigenvalue weighted by atomic mass is 16.4. The van der Waals surface area contributed by atoms with Gasteiger partial charge < -0.3 is 9.32 Å². The first kappa shape index (κ1) is 14.6. The number of nitriles is 1. The van der Waals surface area contributed by atoms with Gasteiger partial charge in [0.25, 0.3) is 0 Å². The molecule has 2 heterocycles. The first-order valence-electron chi connectivity index (χ1n) is 7.99. The van der Waals surface area contributed by atoms with Crippen molar-refractivity contribution in [2.45, 2.75) is 39.0 Å². The van der Waals surface area contributed by atoms with Gasteiger partial charge in [-0.2, -0.15) is 5.26 Å². The number of fused-ring (bicyclic) bond motifs is 1. The minimum absolute atomic E-state index is 0.141. The molecule has 0 N–H and O–H groups in total. The molecule has 0 amide bonds. The van der Waals surface area contributed by atoms with Crippen molar-refractivity contribution in [3.8, 4) is 6.07 Å². The van der Waals surface area contributed by atoms with E-state index in [0.29, 0.717) is 5.58 Å². The Balaban J connectivity index is 2.27. The molecular weight excluding hydrogens is 276 g/mol. The van der Waals surface area contributed by atoms with Crippen LogP contribution in [0.5, 0.6) is 0 Å². The van der Waals surface area contributed by atoms with E-state index in [4.69, 9.17) is 4.42 Å². The molecule has 1 saturated heterocycles. The van der Waals surface area contributed by atoms with Gasteiger partial charge in [-0.15, -0.1) is 0 Å². The van der Waals surface area contributed by atoms with Crippen LogP contribution in [0.4, 0.5) is 5.69 Å². The third-order valence-electron chi connectivity index (χ3n) is 4.39. The van der Waals surface area contributed by atoms with Crippen molar-refractivity contribution in [3.63, 3.8) is 0 Å². The average Bonchev–Trinajstić information content (AvgIpc) is 2.82.